The summed E-state index contributed by atoms with van der Waals surface area (Å²) in [7, 11) is 0. The van der Waals surface area contributed by atoms with E-state index in [2.05, 4.69) is 5.32 Å². The lowest BCUT2D eigenvalue weighted by atomic mass is 10.2. The maximum absolute atomic E-state index is 11.4. The molecule has 0 spiro atoms. The molecule has 8 heteroatoms. The summed E-state index contributed by atoms with van der Waals surface area (Å²) >= 11 is 0. The van der Waals surface area contributed by atoms with Crippen LogP contribution in [-0.2, 0) is 23.7 Å². The molecule has 0 bridgehead atoms. The third-order valence-electron chi connectivity index (χ3n) is 3.27. The zero-order valence-corrected chi connectivity index (χ0v) is 17.8. The average molecular weight is 414 g/mol. The van der Waals surface area contributed by atoms with E-state index in [-0.39, 0.29) is 0 Å². The van der Waals surface area contributed by atoms with Crippen LogP contribution in [0.3, 0.4) is 0 Å². The smallest absolute Gasteiger partial charge is 0.407 e. The summed E-state index contributed by atoms with van der Waals surface area (Å²) in [5.74, 6) is 0.841. The second-order valence-corrected chi connectivity index (χ2v) is 7.04. The van der Waals surface area contributed by atoms with Crippen molar-refractivity contribution in [3.63, 3.8) is 0 Å². The second kappa shape index (κ2) is 16.0. The first-order chi connectivity index (χ1) is 14.0. The zero-order valence-electron chi connectivity index (χ0n) is 17.8. The van der Waals surface area contributed by atoms with Crippen molar-refractivity contribution in [1.29, 1.82) is 0 Å². The predicted octanol–water partition coefficient (Wildman–Crippen LogP) is 2.66. The van der Waals surface area contributed by atoms with Gasteiger partial charge in [-0.15, -0.1) is 0 Å². The van der Waals surface area contributed by atoms with Crippen molar-refractivity contribution in [2.75, 3.05) is 66.0 Å². The van der Waals surface area contributed by atoms with E-state index >= 15 is 0 Å². The molecule has 1 aromatic rings. The Hall–Kier alpha value is -1.87. The number of hydrogen-bond acceptors (Lipinski definition) is 7. The lowest BCUT2D eigenvalue weighted by Gasteiger charge is -2.19. The largest absolute Gasteiger partial charge is 0.491 e. The lowest BCUT2D eigenvalue weighted by Crippen LogP contribution is -2.34. The van der Waals surface area contributed by atoms with E-state index in [1.165, 1.54) is 0 Å². The van der Waals surface area contributed by atoms with E-state index in [1.807, 2.05) is 51.1 Å². The fraction of sp³-hybridized carbons (Fsp3) is 0.667. The van der Waals surface area contributed by atoms with Crippen LogP contribution in [0.5, 0.6) is 5.75 Å². The molecule has 1 aromatic carbocycles. The van der Waals surface area contributed by atoms with Crippen molar-refractivity contribution in [3.05, 3.63) is 30.3 Å². The van der Waals surface area contributed by atoms with Gasteiger partial charge in [-0.05, 0) is 32.9 Å². The molecule has 166 valence electrons. The first kappa shape index (κ1) is 25.2. The third-order valence-corrected chi connectivity index (χ3v) is 3.27. The number of carbonyl (C=O) groups is 1. The van der Waals surface area contributed by atoms with Gasteiger partial charge in [0.05, 0.1) is 52.9 Å². The topological polar surface area (TPSA) is 84.5 Å². The lowest BCUT2D eigenvalue weighted by molar-refractivity contribution is -0.00455. The quantitative estimate of drug-likeness (QED) is 0.417. The van der Waals surface area contributed by atoms with Crippen LogP contribution >= 0.6 is 0 Å². The second-order valence-electron chi connectivity index (χ2n) is 7.04. The van der Waals surface area contributed by atoms with Gasteiger partial charge in [-0.25, -0.2) is 4.79 Å². The summed E-state index contributed by atoms with van der Waals surface area (Å²) < 4.78 is 32.2. The van der Waals surface area contributed by atoms with E-state index in [4.69, 9.17) is 28.4 Å². The molecule has 0 radical (unpaired) electrons. The summed E-state index contributed by atoms with van der Waals surface area (Å²) in [5.41, 5.74) is -0.496. The van der Waals surface area contributed by atoms with Gasteiger partial charge in [0.15, 0.2) is 0 Å². The number of para-hydroxylation sites is 1. The number of hydrogen-bond donors (Lipinski definition) is 1. The molecule has 29 heavy (non-hydrogen) atoms. The summed E-state index contributed by atoms with van der Waals surface area (Å²) in [6, 6.07) is 9.64. The fourth-order valence-electron chi connectivity index (χ4n) is 2.04. The van der Waals surface area contributed by atoms with Crippen molar-refractivity contribution in [3.8, 4) is 5.75 Å². The van der Waals surface area contributed by atoms with Gasteiger partial charge in [-0.3, -0.25) is 0 Å². The molecule has 0 aliphatic heterocycles. The third kappa shape index (κ3) is 16.8. The maximum atomic E-state index is 11.4. The Kier molecular flexibility index (Phi) is 13.9. The molecule has 0 fully saturated rings. The van der Waals surface area contributed by atoms with Crippen molar-refractivity contribution in [2.24, 2.45) is 0 Å². The van der Waals surface area contributed by atoms with Gasteiger partial charge in [-0.2, -0.15) is 0 Å². The van der Waals surface area contributed by atoms with Gasteiger partial charge < -0.3 is 33.7 Å². The van der Waals surface area contributed by atoms with Crippen molar-refractivity contribution in [2.45, 2.75) is 26.4 Å². The number of nitrogens with one attached hydrogen (secondary N) is 1. The molecule has 1 rings (SSSR count). The number of alkyl carbamates (subject to hydrolysis) is 1. The Morgan fingerprint density at radius 3 is 1.76 bits per heavy atom. The van der Waals surface area contributed by atoms with E-state index < -0.39 is 11.7 Å². The minimum atomic E-state index is -0.496. The number of amides is 1. The molecule has 8 nitrogen and oxygen atoms in total. The normalized spacial score (nSPS) is 11.3. The van der Waals surface area contributed by atoms with Crippen LogP contribution in [0, 0.1) is 0 Å². The van der Waals surface area contributed by atoms with E-state index in [9.17, 15) is 4.79 Å². The fourth-order valence-corrected chi connectivity index (χ4v) is 2.04. The Balaban J connectivity index is 1.74. The Morgan fingerprint density at radius 1 is 0.759 bits per heavy atom. The number of rotatable bonds is 16. The van der Waals surface area contributed by atoms with Crippen molar-refractivity contribution in [1.82, 2.24) is 5.32 Å². The van der Waals surface area contributed by atoms with Crippen LogP contribution < -0.4 is 10.1 Å². The highest BCUT2D eigenvalue weighted by atomic mass is 16.6. The van der Waals surface area contributed by atoms with Crippen LogP contribution in [0.4, 0.5) is 4.79 Å². The summed E-state index contributed by atoms with van der Waals surface area (Å²) in [5, 5.41) is 2.62. The van der Waals surface area contributed by atoms with Gasteiger partial charge in [-0.1, -0.05) is 18.2 Å². The highest BCUT2D eigenvalue weighted by Gasteiger charge is 2.15. The molecule has 1 amide bonds. The summed E-state index contributed by atoms with van der Waals surface area (Å²) in [4.78, 5) is 11.4. The number of carbonyl (C=O) groups excluding carboxylic acids is 1. The molecule has 0 unspecified atom stereocenters. The molecule has 0 atom stereocenters. The number of benzene rings is 1. The van der Waals surface area contributed by atoms with Crippen LogP contribution in [-0.4, -0.2) is 77.7 Å². The van der Waals surface area contributed by atoms with E-state index in [0.717, 1.165) is 5.75 Å². The Morgan fingerprint density at radius 2 is 1.24 bits per heavy atom. The first-order valence-electron chi connectivity index (χ1n) is 9.93. The van der Waals surface area contributed by atoms with Crippen molar-refractivity contribution >= 4 is 6.09 Å². The minimum Gasteiger partial charge on any atom is -0.491 e. The zero-order chi connectivity index (χ0) is 21.2. The van der Waals surface area contributed by atoms with Gasteiger partial charge >= 0.3 is 6.09 Å². The van der Waals surface area contributed by atoms with Crippen molar-refractivity contribution < 1.29 is 33.2 Å². The molecule has 0 aromatic heterocycles. The van der Waals surface area contributed by atoms with Crippen LogP contribution in [0.2, 0.25) is 0 Å². The average Bonchev–Trinajstić information content (AvgIpc) is 2.67. The molecule has 0 heterocycles. The maximum Gasteiger partial charge on any atom is 0.407 e. The van der Waals surface area contributed by atoms with Crippen LogP contribution in [0.1, 0.15) is 20.8 Å². The monoisotopic (exact) mass is 413 g/mol. The molecular formula is C21H35NO7. The van der Waals surface area contributed by atoms with Gasteiger partial charge in [0, 0.05) is 6.54 Å². The molecule has 0 saturated heterocycles. The minimum absolute atomic E-state index is 0.397. The molecule has 0 saturated carbocycles. The Bertz CT molecular complexity index is 520. The first-order valence-corrected chi connectivity index (χ1v) is 9.93. The highest BCUT2D eigenvalue weighted by Crippen LogP contribution is 2.07. The Labute approximate surface area is 173 Å². The van der Waals surface area contributed by atoms with E-state index in [1.54, 1.807) is 0 Å². The molecule has 0 aliphatic carbocycles. The van der Waals surface area contributed by atoms with E-state index in [0.29, 0.717) is 66.0 Å². The molecular weight excluding hydrogens is 378 g/mol. The SMILES string of the molecule is CC(C)(C)OC(=O)NCCOCCOCCOCCOCCOc1ccccc1. The molecule has 0 aliphatic rings. The highest BCUT2D eigenvalue weighted by molar-refractivity contribution is 5.67. The van der Waals surface area contributed by atoms with Crippen LogP contribution in [0.15, 0.2) is 30.3 Å². The standard InChI is InChI=1S/C21H35NO7/c1-21(2,3)29-20(23)22-9-10-24-11-12-25-13-14-26-15-16-27-17-18-28-19-7-5-4-6-8-19/h4-8H,9-18H2,1-3H3,(H,22,23). The van der Waals surface area contributed by atoms with Gasteiger partial charge in [0.2, 0.25) is 0 Å². The van der Waals surface area contributed by atoms with Gasteiger partial charge in [0.25, 0.3) is 0 Å². The van der Waals surface area contributed by atoms with Crippen LogP contribution in [0.25, 0.3) is 0 Å². The number of ether oxygens (including phenoxy) is 6. The van der Waals surface area contributed by atoms with Gasteiger partial charge in [0.1, 0.15) is 18.0 Å². The summed E-state index contributed by atoms with van der Waals surface area (Å²) in [6.45, 7) is 10.3. The summed E-state index contributed by atoms with van der Waals surface area (Å²) in [6.07, 6.45) is -0.442. The predicted molar refractivity (Wildman–Crippen MR) is 109 cm³/mol. The molecule has 1 N–H and O–H groups in total.